The monoisotopic (exact) mass is 348 g/mol. The van der Waals surface area contributed by atoms with Crippen LogP contribution < -0.4 is 11.5 Å². The lowest BCUT2D eigenvalue weighted by Gasteiger charge is -1.98. The van der Waals surface area contributed by atoms with Gasteiger partial charge in [0.25, 0.3) is 11.8 Å². The number of nitrogens with two attached hydrogens (primary N) is 2. The second kappa shape index (κ2) is 10.4. The molecule has 5 N–H and O–H groups in total. The molecule has 0 saturated heterocycles. The molecule has 25 heavy (non-hydrogen) atoms. The maximum atomic E-state index is 10.9. The van der Waals surface area contributed by atoms with Gasteiger partial charge in [0, 0.05) is 12.4 Å². The average molecular weight is 348 g/mol. The Morgan fingerprint density at radius 3 is 1.84 bits per heavy atom. The van der Waals surface area contributed by atoms with Crippen LogP contribution >= 0.6 is 0 Å². The van der Waals surface area contributed by atoms with E-state index in [1.54, 1.807) is 6.07 Å². The van der Waals surface area contributed by atoms with E-state index in [4.69, 9.17) is 16.6 Å². The Hall–Kier alpha value is -3.33. The van der Waals surface area contributed by atoms with Crippen LogP contribution in [-0.4, -0.2) is 40.0 Å². The molecule has 134 valence electrons. The molecule has 9 nitrogen and oxygen atoms in total. The van der Waals surface area contributed by atoms with Crippen LogP contribution in [0.25, 0.3) is 0 Å². The van der Waals surface area contributed by atoms with Crippen LogP contribution in [0.5, 0.6) is 0 Å². The van der Waals surface area contributed by atoms with Gasteiger partial charge in [-0.15, -0.1) is 0 Å². The lowest BCUT2D eigenvalue weighted by Crippen LogP contribution is -2.13. The number of aliphatic hydroxyl groups is 1. The molecule has 0 radical (unpaired) electrons. The molecule has 0 aliphatic carbocycles. The van der Waals surface area contributed by atoms with Crippen molar-refractivity contribution in [1.29, 1.82) is 0 Å². The maximum Gasteiger partial charge on any atom is 0.339 e. The summed E-state index contributed by atoms with van der Waals surface area (Å²) in [5.41, 5.74) is 11.2. The van der Waals surface area contributed by atoms with Crippen LogP contribution in [0.1, 0.15) is 44.3 Å². The topological polar surface area (TPSA) is 158 Å². The van der Waals surface area contributed by atoms with Gasteiger partial charge in [-0.2, -0.15) is 0 Å². The molecule has 0 saturated carbocycles. The molecule has 2 amide bonds. The number of ether oxygens (including phenoxy) is 1. The molecule has 0 atom stereocenters. The summed E-state index contributed by atoms with van der Waals surface area (Å²) in [4.78, 5) is 39.4. The Labute approximate surface area is 144 Å². The first-order valence-corrected chi connectivity index (χ1v) is 6.58. The molecule has 2 rings (SSSR count). The predicted octanol–water partition coefficient (Wildman–Crippen LogP) is 0.276. The van der Waals surface area contributed by atoms with Crippen LogP contribution in [0.2, 0.25) is 0 Å². The first-order chi connectivity index (χ1) is 11.4. The molecule has 0 aliphatic heterocycles. The minimum Gasteiger partial charge on any atom is -0.465 e. The molecule has 0 bridgehead atoms. The summed E-state index contributed by atoms with van der Waals surface area (Å²) in [6, 6.07) is 5.88. The number of aliphatic hydroxyl groups excluding tert-OH is 1. The summed E-state index contributed by atoms with van der Waals surface area (Å²) in [6.07, 6.45) is 2.66. The number of hydrogen-bond donors (Lipinski definition) is 3. The predicted molar refractivity (Wildman–Crippen MR) is 89.5 cm³/mol. The zero-order valence-electron chi connectivity index (χ0n) is 12.8. The summed E-state index contributed by atoms with van der Waals surface area (Å²) in [7, 11) is 1.27. The number of esters is 1. The van der Waals surface area contributed by atoms with Crippen molar-refractivity contribution in [1.82, 2.24) is 9.97 Å². The molecular formula is C16H20N4O5. The molecule has 2 aromatic heterocycles. The van der Waals surface area contributed by atoms with Gasteiger partial charge in [-0.05, 0) is 23.8 Å². The highest BCUT2D eigenvalue weighted by Gasteiger charge is 2.07. The SMILES string of the molecule is C.COC(=O)c1ccc(C(N)=O)nc1.NC(=O)c1ccc(CO)cn1. The van der Waals surface area contributed by atoms with Crippen molar-refractivity contribution < 1.29 is 24.2 Å². The first kappa shape index (κ1) is 21.7. The quantitative estimate of drug-likeness (QED) is 0.669. The summed E-state index contributed by atoms with van der Waals surface area (Å²) in [5.74, 6) is -1.69. The Kier molecular flexibility index (Phi) is 9.05. The number of nitrogens with zero attached hydrogens (tertiary/aromatic N) is 2. The van der Waals surface area contributed by atoms with E-state index in [1.807, 2.05) is 0 Å². The Morgan fingerprint density at radius 2 is 1.52 bits per heavy atom. The largest absolute Gasteiger partial charge is 0.465 e. The molecule has 0 aromatic carbocycles. The summed E-state index contributed by atoms with van der Waals surface area (Å²) >= 11 is 0. The molecule has 0 spiro atoms. The third-order valence-electron chi connectivity index (χ3n) is 2.70. The summed E-state index contributed by atoms with van der Waals surface area (Å²) in [5, 5.41) is 8.61. The fraction of sp³-hybridized carbons (Fsp3) is 0.188. The Bertz CT molecular complexity index is 714. The number of primary amides is 2. The Morgan fingerprint density at radius 1 is 1.00 bits per heavy atom. The van der Waals surface area contributed by atoms with Crippen LogP contribution in [0.4, 0.5) is 0 Å². The van der Waals surface area contributed by atoms with Crippen LogP contribution in [0.3, 0.4) is 0 Å². The number of carbonyl (C=O) groups is 3. The number of amides is 2. The third-order valence-corrected chi connectivity index (χ3v) is 2.70. The molecule has 0 unspecified atom stereocenters. The number of aromatic nitrogens is 2. The van der Waals surface area contributed by atoms with Crippen molar-refractivity contribution in [3.63, 3.8) is 0 Å². The maximum absolute atomic E-state index is 10.9. The lowest BCUT2D eigenvalue weighted by atomic mass is 10.2. The average Bonchev–Trinajstić information content (AvgIpc) is 2.61. The van der Waals surface area contributed by atoms with Crippen molar-refractivity contribution >= 4 is 17.8 Å². The van der Waals surface area contributed by atoms with E-state index < -0.39 is 17.8 Å². The fourth-order valence-electron chi connectivity index (χ4n) is 1.44. The number of pyridine rings is 2. The molecule has 2 heterocycles. The smallest absolute Gasteiger partial charge is 0.339 e. The van der Waals surface area contributed by atoms with Crippen LogP contribution in [0.15, 0.2) is 36.7 Å². The van der Waals surface area contributed by atoms with Gasteiger partial charge in [-0.25, -0.2) is 4.79 Å². The van der Waals surface area contributed by atoms with Gasteiger partial charge < -0.3 is 21.3 Å². The van der Waals surface area contributed by atoms with Gasteiger partial charge in [0.2, 0.25) is 0 Å². The minimum atomic E-state index is -0.628. The van der Waals surface area contributed by atoms with E-state index in [0.29, 0.717) is 5.56 Å². The minimum absolute atomic E-state index is 0. The second-order valence-electron chi connectivity index (χ2n) is 4.36. The second-order valence-corrected chi connectivity index (χ2v) is 4.36. The standard InChI is InChI=1S/C8H8N2O3.C7H8N2O2.CH4/c1-13-8(12)5-2-3-6(7(9)11)10-4-5;8-7(11)6-2-1-5(4-10)3-9-6;/h2-4H,1H3,(H2,9,11);1-3,10H,4H2,(H2,8,11);1H4. The highest BCUT2D eigenvalue weighted by molar-refractivity contribution is 5.93. The summed E-state index contributed by atoms with van der Waals surface area (Å²) < 4.78 is 4.44. The van der Waals surface area contributed by atoms with Crippen molar-refractivity contribution in [3.8, 4) is 0 Å². The third kappa shape index (κ3) is 6.75. The normalized spacial score (nSPS) is 9.04. The van der Waals surface area contributed by atoms with E-state index in [9.17, 15) is 14.4 Å². The number of hydrogen-bond acceptors (Lipinski definition) is 7. The Balaban J connectivity index is 0.000000449. The van der Waals surface area contributed by atoms with Crippen molar-refractivity contribution in [2.45, 2.75) is 14.0 Å². The zero-order chi connectivity index (χ0) is 18.1. The first-order valence-electron chi connectivity index (χ1n) is 6.58. The highest BCUT2D eigenvalue weighted by atomic mass is 16.5. The van der Waals surface area contributed by atoms with Crippen molar-refractivity contribution in [2.24, 2.45) is 11.5 Å². The number of methoxy groups -OCH3 is 1. The van der Waals surface area contributed by atoms with Gasteiger partial charge in [-0.1, -0.05) is 13.5 Å². The van der Waals surface area contributed by atoms with E-state index in [1.165, 1.54) is 37.7 Å². The summed E-state index contributed by atoms with van der Waals surface area (Å²) in [6.45, 7) is -0.0773. The van der Waals surface area contributed by atoms with E-state index in [2.05, 4.69) is 14.7 Å². The van der Waals surface area contributed by atoms with Gasteiger partial charge in [0.15, 0.2) is 0 Å². The lowest BCUT2D eigenvalue weighted by molar-refractivity contribution is 0.0599. The van der Waals surface area contributed by atoms with E-state index in [-0.39, 0.29) is 31.0 Å². The zero-order valence-corrected chi connectivity index (χ0v) is 12.8. The van der Waals surface area contributed by atoms with E-state index in [0.717, 1.165) is 0 Å². The molecule has 9 heteroatoms. The highest BCUT2D eigenvalue weighted by Crippen LogP contribution is 2.01. The molecule has 0 fully saturated rings. The van der Waals surface area contributed by atoms with Crippen molar-refractivity contribution in [3.05, 3.63) is 59.2 Å². The van der Waals surface area contributed by atoms with Crippen LogP contribution in [0, 0.1) is 0 Å². The number of rotatable bonds is 4. The van der Waals surface area contributed by atoms with Crippen molar-refractivity contribution in [2.75, 3.05) is 7.11 Å². The fourth-order valence-corrected chi connectivity index (χ4v) is 1.44. The number of carbonyl (C=O) groups excluding carboxylic acids is 3. The molecule has 2 aromatic rings. The van der Waals surface area contributed by atoms with Gasteiger partial charge in [0.1, 0.15) is 11.4 Å². The van der Waals surface area contributed by atoms with Gasteiger partial charge in [-0.3, -0.25) is 19.6 Å². The van der Waals surface area contributed by atoms with E-state index >= 15 is 0 Å². The molecular weight excluding hydrogens is 328 g/mol. The van der Waals surface area contributed by atoms with Crippen LogP contribution in [-0.2, 0) is 11.3 Å². The molecule has 0 aliphatic rings. The van der Waals surface area contributed by atoms with Gasteiger partial charge >= 0.3 is 5.97 Å². The van der Waals surface area contributed by atoms with Gasteiger partial charge in [0.05, 0.1) is 19.3 Å².